The van der Waals surface area contributed by atoms with Gasteiger partial charge in [0.15, 0.2) is 0 Å². The fourth-order valence-electron chi connectivity index (χ4n) is 4.14. The molecular weight excluding hydrogens is 326 g/mol. The number of hydrogen-bond donors (Lipinski definition) is 2. The first-order valence-electron chi connectivity index (χ1n) is 9.21. The molecule has 1 aromatic heterocycles. The number of benzene rings is 1. The van der Waals surface area contributed by atoms with Crippen molar-refractivity contribution in [1.82, 2.24) is 0 Å². The van der Waals surface area contributed by atoms with Crippen LogP contribution in [0.5, 0.6) is 0 Å². The SMILES string of the molecule is CC1=CC(C)(C)Nc2ccc3c(/C=C\C4CCC4O)c(C)oc(=O)c3c21. The smallest absolute Gasteiger partial charge is 0.344 e. The van der Waals surface area contributed by atoms with E-state index in [-0.39, 0.29) is 23.2 Å². The maximum Gasteiger partial charge on any atom is 0.344 e. The number of nitrogens with one attached hydrogen (secondary N) is 1. The van der Waals surface area contributed by atoms with E-state index in [0.717, 1.165) is 40.6 Å². The Labute approximate surface area is 153 Å². The summed E-state index contributed by atoms with van der Waals surface area (Å²) in [5.41, 5.74) is 3.42. The topological polar surface area (TPSA) is 62.5 Å². The Morgan fingerprint density at radius 1 is 1.27 bits per heavy atom. The molecule has 4 heteroatoms. The number of fused-ring (bicyclic) bond motifs is 3. The fourth-order valence-corrected chi connectivity index (χ4v) is 4.14. The number of hydrogen-bond acceptors (Lipinski definition) is 4. The lowest BCUT2D eigenvalue weighted by molar-refractivity contribution is 0.0504. The summed E-state index contributed by atoms with van der Waals surface area (Å²) in [4.78, 5) is 12.7. The first-order chi connectivity index (χ1) is 12.3. The molecule has 2 aliphatic rings. The van der Waals surface area contributed by atoms with Crippen molar-refractivity contribution in [1.29, 1.82) is 0 Å². The Hall–Kier alpha value is -2.33. The highest BCUT2D eigenvalue weighted by molar-refractivity contribution is 6.03. The molecule has 0 radical (unpaired) electrons. The average molecular weight is 351 g/mol. The Balaban J connectivity index is 1.93. The zero-order valence-corrected chi connectivity index (χ0v) is 15.7. The molecule has 4 rings (SSSR count). The van der Waals surface area contributed by atoms with E-state index in [1.54, 1.807) is 0 Å². The van der Waals surface area contributed by atoms with Crippen molar-refractivity contribution in [3.05, 3.63) is 51.6 Å². The molecule has 0 bridgehead atoms. The Kier molecular flexibility index (Phi) is 3.85. The van der Waals surface area contributed by atoms with Gasteiger partial charge in [0.1, 0.15) is 5.76 Å². The summed E-state index contributed by atoms with van der Waals surface area (Å²) in [5.74, 6) is 0.802. The van der Waals surface area contributed by atoms with Crippen molar-refractivity contribution in [2.75, 3.05) is 5.32 Å². The van der Waals surface area contributed by atoms with Gasteiger partial charge in [0.2, 0.25) is 0 Å². The van der Waals surface area contributed by atoms with Gasteiger partial charge in [-0.25, -0.2) is 4.79 Å². The number of aliphatic hydroxyl groups is 1. The molecule has 2 aromatic rings. The van der Waals surface area contributed by atoms with E-state index in [9.17, 15) is 9.90 Å². The molecule has 1 saturated carbocycles. The molecule has 1 aromatic carbocycles. The number of rotatable bonds is 2. The van der Waals surface area contributed by atoms with E-state index in [2.05, 4.69) is 25.2 Å². The van der Waals surface area contributed by atoms with Crippen LogP contribution in [0.15, 0.2) is 33.5 Å². The van der Waals surface area contributed by atoms with Crippen molar-refractivity contribution in [3.8, 4) is 0 Å². The standard InChI is InChI=1S/C22H25NO3/c1-12-11-22(3,4)23-17-9-8-16-15(7-5-14-6-10-18(14)24)13(2)26-21(25)20(16)19(12)17/h5,7-9,11,14,18,23-24H,6,10H2,1-4H3/b7-5-. The third-order valence-electron chi connectivity index (χ3n) is 5.55. The summed E-state index contributed by atoms with van der Waals surface area (Å²) < 4.78 is 5.57. The summed E-state index contributed by atoms with van der Waals surface area (Å²) in [6.45, 7) is 8.08. The van der Waals surface area contributed by atoms with Crippen molar-refractivity contribution in [3.63, 3.8) is 0 Å². The first-order valence-corrected chi connectivity index (χ1v) is 9.21. The van der Waals surface area contributed by atoms with Gasteiger partial charge in [-0.15, -0.1) is 0 Å². The van der Waals surface area contributed by atoms with Crippen LogP contribution in [0.25, 0.3) is 22.4 Å². The van der Waals surface area contributed by atoms with Crippen molar-refractivity contribution in [2.45, 2.75) is 52.2 Å². The quantitative estimate of drug-likeness (QED) is 0.837. The van der Waals surface area contributed by atoms with Crippen LogP contribution >= 0.6 is 0 Å². The number of aliphatic hydroxyl groups excluding tert-OH is 1. The lowest BCUT2D eigenvalue weighted by atomic mass is 9.81. The molecule has 1 fully saturated rings. The molecule has 2 heterocycles. The number of anilines is 1. The Morgan fingerprint density at radius 2 is 2.04 bits per heavy atom. The minimum Gasteiger partial charge on any atom is -0.427 e. The third-order valence-corrected chi connectivity index (χ3v) is 5.55. The van der Waals surface area contributed by atoms with Crippen molar-refractivity contribution >= 4 is 28.1 Å². The zero-order valence-electron chi connectivity index (χ0n) is 15.7. The van der Waals surface area contributed by atoms with Crippen LogP contribution < -0.4 is 10.9 Å². The van der Waals surface area contributed by atoms with Gasteiger partial charge in [-0.3, -0.25) is 0 Å². The molecule has 0 spiro atoms. The van der Waals surface area contributed by atoms with Gasteiger partial charge in [0, 0.05) is 28.1 Å². The molecule has 1 aliphatic heterocycles. The monoisotopic (exact) mass is 351 g/mol. The highest BCUT2D eigenvalue weighted by Gasteiger charge is 2.27. The fraction of sp³-hybridized carbons (Fsp3) is 0.409. The largest absolute Gasteiger partial charge is 0.427 e. The van der Waals surface area contributed by atoms with E-state index in [4.69, 9.17) is 4.42 Å². The van der Waals surface area contributed by atoms with Crippen LogP contribution in [0.4, 0.5) is 5.69 Å². The Morgan fingerprint density at radius 3 is 2.69 bits per heavy atom. The molecular formula is C22H25NO3. The van der Waals surface area contributed by atoms with Crippen molar-refractivity contribution in [2.24, 2.45) is 5.92 Å². The molecule has 136 valence electrons. The molecule has 2 atom stereocenters. The van der Waals surface area contributed by atoms with E-state index < -0.39 is 0 Å². The zero-order chi connectivity index (χ0) is 18.6. The second kappa shape index (κ2) is 5.85. The summed E-state index contributed by atoms with van der Waals surface area (Å²) >= 11 is 0. The summed E-state index contributed by atoms with van der Waals surface area (Å²) in [6, 6.07) is 4.04. The molecule has 4 nitrogen and oxygen atoms in total. The second-order valence-corrected chi connectivity index (χ2v) is 8.11. The van der Waals surface area contributed by atoms with Gasteiger partial charge >= 0.3 is 5.63 Å². The lowest BCUT2D eigenvalue weighted by Gasteiger charge is -2.32. The first kappa shape index (κ1) is 17.1. The average Bonchev–Trinajstić information content (AvgIpc) is 2.54. The van der Waals surface area contributed by atoms with Gasteiger partial charge in [-0.2, -0.15) is 0 Å². The molecule has 26 heavy (non-hydrogen) atoms. The predicted molar refractivity (Wildman–Crippen MR) is 106 cm³/mol. The molecule has 0 amide bonds. The highest BCUT2D eigenvalue weighted by atomic mass is 16.4. The van der Waals surface area contributed by atoms with Crippen molar-refractivity contribution < 1.29 is 9.52 Å². The van der Waals surface area contributed by atoms with Crippen LogP contribution in [0.1, 0.15) is 50.5 Å². The second-order valence-electron chi connectivity index (χ2n) is 8.11. The van der Waals surface area contributed by atoms with Gasteiger partial charge in [0.05, 0.1) is 17.0 Å². The summed E-state index contributed by atoms with van der Waals surface area (Å²) in [7, 11) is 0. The van der Waals surface area contributed by atoms with Gasteiger partial charge < -0.3 is 14.8 Å². The van der Waals surface area contributed by atoms with E-state index in [1.807, 2.05) is 38.1 Å². The molecule has 0 saturated heterocycles. The lowest BCUT2D eigenvalue weighted by Crippen LogP contribution is -2.31. The number of allylic oxidation sites excluding steroid dienone is 1. The Bertz CT molecular complexity index is 1010. The van der Waals surface area contributed by atoms with Gasteiger partial charge in [0.25, 0.3) is 0 Å². The minimum absolute atomic E-state index is 0.154. The van der Waals surface area contributed by atoms with Gasteiger partial charge in [-0.1, -0.05) is 24.3 Å². The van der Waals surface area contributed by atoms with Crippen LogP contribution in [0.2, 0.25) is 0 Å². The molecule has 1 aliphatic carbocycles. The van der Waals surface area contributed by atoms with Crippen LogP contribution in [0.3, 0.4) is 0 Å². The third kappa shape index (κ3) is 2.69. The normalized spacial score (nSPS) is 24.1. The maximum absolute atomic E-state index is 12.7. The maximum atomic E-state index is 12.7. The molecule has 2 unspecified atom stereocenters. The van der Waals surface area contributed by atoms with E-state index in [1.165, 1.54) is 0 Å². The predicted octanol–water partition coefficient (Wildman–Crippen LogP) is 4.49. The van der Waals surface area contributed by atoms with E-state index >= 15 is 0 Å². The minimum atomic E-state index is -0.301. The van der Waals surface area contributed by atoms with Crippen LogP contribution in [-0.4, -0.2) is 16.7 Å². The van der Waals surface area contributed by atoms with Crippen LogP contribution in [-0.2, 0) is 0 Å². The summed E-state index contributed by atoms with van der Waals surface area (Å²) in [5, 5.41) is 14.8. The molecule has 2 N–H and O–H groups in total. The summed E-state index contributed by atoms with van der Waals surface area (Å²) in [6.07, 6.45) is 7.80. The van der Waals surface area contributed by atoms with E-state index in [0.29, 0.717) is 11.1 Å². The van der Waals surface area contributed by atoms with Crippen LogP contribution in [0, 0.1) is 12.8 Å². The highest BCUT2D eigenvalue weighted by Crippen LogP contribution is 2.39. The number of aryl methyl sites for hydroxylation is 1. The van der Waals surface area contributed by atoms with Gasteiger partial charge in [-0.05, 0) is 52.2 Å².